The lowest BCUT2D eigenvalue weighted by atomic mass is 10.3. The average Bonchev–Trinajstić information content (AvgIpc) is 2.69. The quantitative estimate of drug-likeness (QED) is 0.812. The minimum absolute atomic E-state index is 0.412. The molecule has 0 aliphatic rings. The highest BCUT2D eigenvalue weighted by atomic mass is 32.1. The molecular formula is C10H13N3S. The van der Waals surface area contributed by atoms with Crippen LogP contribution in [0.1, 0.15) is 13.8 Å². The Morgan fingerprint density at radius 2 is 2.36 bits per heavy atom. The van der Waals surface area contributed by atoms with E-state index >= 15 is 0 Å². The highest BCUT2D eigenvalue weighted by Gasteiger charge is 2.04. The van der Waals surface area contributed by atoms with Crippen LogP contribution >= 0.6 is 11.3 Å². The molecule has 0 fully saturated rings. The van der Waals surface area contributed by atoms with Crippen molar-refractivity contribution in [2.75, 3.05) is 5.32 Å². The van der Waals surface area contributed by atoms with Crippen LogP contribution in [-0.4, -0.2) is 16.2 Å². The Balaban J connectivity index is 2.18. The Labute approximate surface area is 87.2 Å². The summed E-state index contributed by atoms with van der Waals surface area (Å²) in [5.74, 6) is 0.906. The molecular weight excluding hydrogens is 194 g/mol. The van der Waals surface area contributed by atoms with Crippen molar-refractivity contribution in [2.45, 2.75) is 19.9 Å². The summed E-state index contributed by atoms with van der Waals surface area (Å²) in [4.78, 5) is 1.22. The zero-order chi connectivity index (χ0) is 9.97. The highest BCUT2D eigenvalue weighted by Crippen LogP contribution is 2.24. The predicted molar refractivity (Wildman–Crippen MR) is 60.7 cm³/mol. The molecule has 4 heteroatoms. The van der Waals surface area contributed by atoms with Gasteiger partial charge in [0.05, 0.1) is 10.6 Å². The molecule has 2 aromatic heterocycles. The predicted octanol–water partition coefficient (Wildman–Crippen LogP) is 2.96. The maximum Gasteiger partial charge on any atom is 0.148 e. The van der Waals surface area contributed by atoms with Crippen LogP contribution in [0.15, 0.2) is 23.6 Å². The SMILES string of the molecule is CC(C)Nc1cc(-c2cccs2)[nH]n1. The van der Waals surface area contributed by atoms with Gasteiger partial charge in [0.25, 0.3) is 0 Å². The van der Waals surface area contributed by atoms with Gasteiger partial charge in [0.15, 0.2) is 0 Å². The number of anilines is 1. The van der Waals surface area contributed by atoms with Gasteiger partial charge in [-0.3, -0.25) is 5.10 Å². The fourth-order valence-electron chi connectivity index (χ4n) is 1.25. The summed E-state index contributed by atoms with van der Waals surface area (Å²) in [6.45, 7) is 4.19. The number of rotatable bonds is 3. The summed E-state index contributed by atoms with van der Waals surface area (Å²) in [6, 6.07) is 6.56. The van der Waals surface area contributed by atoms with Crippen molar-refractivity contribution in [3.63, 3.8) is 0 Å². The molecule has 3 nitrogen and oxygen atoms in total. The Bertz CT molecular complexity index is 389. The molecule has 14 heavy (non-hydrogen) atoms. The van der Waals surface area contributed by atoms with Gasteiger partial charge in [0.2, 0.25) is 0 Å². The molecule has 0 aliphatic heterocycles. The lowest BCUT2D eigenvalue weighted by Crippen LogP contribution is -2.09. The largest absolute Gasteiger partial charge is 0.366 e. The molecule has 0 bridgehead atoms. The Morgan fingerprint density at radius 1 is 1.50 bits per heavy atom. The molecule has 2 N–H and O–H groups in total. The number of aromatic nitrogens is 2. The standard InChI is InChI=1S/C10H13N3S/c1-7(2)11-10-6-8(12-13-10)9-4-3-5-14-9/h3-7H,1-2H3,(H2,11,12,13). The van der Waals surface area contributed by atoms with E-state index in [1.165, 1.54) is 4.88 Å². The molecule has 0 saturated carbocycles. The Hall–Kier alpha value is -1.29. The minimum atomic E-state index is 0.412. The van der Waals surface area contributed by atoms with Gasteiger partial charge in [-0.2, -0.15) is 5.10 Å². The van der Waals surface area contributed by atoms with E-state index in [1.807, 2.05) is 12.1 Å². The number of H-pyrrole nitrogens is 1. The van der Waals surface area contributed by atoms with Crippen LogP contribution in [0.3, 0.4) is 0 Å². The Kier molecular flexibility index (Phi) is 2.54. The molecule has 0 atom stereocenters. The lowest BCUT2D eigenvalue weighted by Gasteiger charge is -2.03. The van der Waals surface area contributed by atoms with Gasteiger partial charge in [-0.15, -0.1) is 11.3 Å². The van der Waals surface area contributed by atoms with Crippen LogP contribution in [0, 0.1) is 0 Å². The summed E-state index contributed by atoms with van der Waals surface area (Å²) in [6.07, 6.45) is 0. The molecule has 0 spiro atoms. The van der Waals surface area contributed by atoms with E-state index in [0.29, 0.717) is 6.04 Å². The Morgan fingerprint density at radius 3 is 3.00 bits per heavy atom. The van der Waals surface area contributed by atoms with Crippen LogP contribution in [0.25, 0.3) is 10.6 Å². The van der Waals surface area contributed by atoms with E-state index in [0.717, 1.165) is 11.5 Å². The zero-order valence-electron chi connectivity index (χ0n) is 8.24. The number of thiophene rings is 1. The molecule has 74 valence electrons. The summed E-state index contributed by atoms with van der Waals surface area (Å²) in [5.41, 5.74) is 1.07. The summed E-state index contributed by atoms with van der Waals surface area (Å²) in [5, 5.41) is 12.5. The second-order valence-electron chi connectivity index (χ2n) is 3.44. The van der Waals surface area contributed by atoms with Gasteiger partial charge in [0.1, 0.15) is 5.82 Å². The van der Waals surface area contributed by atoms with Crippen molar-refractivity contribution in [1.29, 1.82) is 0 Å². The molecule has 2 rings (SSSR count). The van der Waals surface area contributed by atoms with Gasteiger partial charge in [-0.05, 0) is 25.3 Å². The van der Waals surface area contributed by atoms with Gasteiger partial charge < -0.3 is 5.32 Å². The van der Waals surface area contributed by atoms with E-state index in [-0.39, 0.29) is 0 Å². The summed E-state index contributed by atoms with van der Waals surface area (Å²) < 4.78 is 0. The third-order valence-electron chi connectivity index (χ3n) is 1.80. The second-order valence-corrected chi connectivity index (χ2v) is 4.39. The summed E-state index contributed by atoms with van der Waals surface area (Å²) in [7, 11) is 0. The van der Waals surface area contributed by atoms with E-state index in [4.69, 9.17) is 0 Å². The molecule has 0 saturated heterocycles. The third-order valence-corrected chi connectivity index (χ3v) is 2.70. The van der Waals surface area contributed by atoms with Gasteiger partial charge in [-0.25, -0.2) is 0 Å². The van der Waals surface area contributed by atoms with Gasteiger partial charge in [-0.1, -0.05) is 6.07 Å². The first-order chi connectivity index (χ1) is 6.75. The van der Waals surface area contributed by atoms with Crippen LogP contribution in [0.2, 0.25) is 0 Å². The molecule has 0 aromatic carbocycles. The van der Waals surface area contributed by atoms with E-state index < -0.39 is 0 Å². The number of hydrogen-bond acceptors (Lipinski definition) is 3. The number of nitrogens with zero attached hydrogens (tertiary/aromatic N) is 1. The topological polar surface area (TPSA) is 40.7 Å². The third kappa shape index (κ3) is 1.96. The van der Waals surface area contributed by atoms with Crippen molar-refractivity contribution < 1.29 is 0 Å². The minimum Gasteiger partial charge on any atom is -0.366 e. The lowest BCUT2D eigenvalue weighted by molar-refractivity contribution is 0.884. The van der Waals surface area contributed by atoms with E-state index in [2.05, 4.69) is 40.8 Å². The van der Waals surface area contributed by atoms with Crippen molar-refractivity contribution in [3.8, 4) is 10.6 Å². The van der Waals surface area contributed by atoms with Crippen molar-refractivity contribution >= 4 is 17.2 Å². The molecule has 0 radical (unpaired) electrons. The van der Waals surface area contributed by atoms with Crippen molar-refractivity contribution in [1.82, 2.24) is 10.2 Å². The van der Waals surface area contributed by atoms with Crippen LogP contribution in [0.5, 0.6) is 0 Å². The molecule has 0 amide bonds. The molecule has 0 aliphatic carbocycles. The van der Waals surface area contributed by atoms with Crippen molar-refractivity contribution in [3.05, 3.63) is 23.6 Å². The smallest absolute Gasteiger partial charge is 0.148 e. The highest BCUT2D eigenvalue weighted by molar-refractivity contribution is 7.13. The fourth-order valence-corrected chi connectivity index (χ4v) is 1.94. The monoisotopic (exact) mass is 207 g/mol. The number of aromatic amines is 1. The van der Waals surface area contributed by atoms with Crippen LogP contribution in [-0.2, 0) is 0 Å². The van der Waals surface area contributed by atoms with Crippen LogP contribution in [0.4, 0.5) is 5.82 Å². The van der Waals surface area contributed by atoms with Crippen molar-refractivity contribution in [2.24, 2.45) is 0 Å². The normalized spacial score (nSPS) is 10.8. The molecule has 0 unspecified atom stereocenters. The number of hydrogen-bond donors (Lipinski definition) is 2. The second kappa shape index (κ2) is 3.84. The maximum absolute atomic E-state index is 4.18. The first-order valence-corrected chi connectivity index (χ1v) is 5.49. The van der Waals surface area contributed by atoms with Gasteiger partial charge in [0, 0.05) is 12.1 Å². The van der Waals surface area contributed by atoms with Crippen LogP contribution < -0.4 is 5.32 Å². The first-order valence-electron chi connectivity index (χ1n) is 4.61. The molecule has 2 heterocycles. The first kappa shape index (κ1) is 9.27. The van der Waals surface area contributed by atoms with E-state index in [9.17, 15) is 0 Å². The fraction of sp³-hybridized carbons (Fsp3) is 0.300. The molecule has 2 aromatic rings. The zero-order valence-corrected chi connectivity index (χ0v) is 9.06. The van der Waals surface area contributed by atoms with Gasteiger partial charge >= 0.3 is 0 Å². The average molecular weight is 207 g/mol. The summed E-state index contributed by atoms with van der Waals surface area (Å²) >= 11 is 1.71. The van der Waals surface area contributed by atoms with E-state index in [1.54, 1.807) is 11.3 Å². The number of nitrogens with one attached hydrogen (secondary N) is 2. The maximum atomic E-state index is 4.18.